The SMILES string of the molecule is Cc1ccc(NC(=O)N2CC[C@@H](CC(F)(F)F)C2)cc1-c1cc(N2CCOCC2)nc(N2CC3CC3(NC(=O)OC(C)(C)C)C2)c1. The fourth-order valence-corrected chi connectivity index (χ4v) is 6.86. The Morgan fingerprint density at radius 2 is 1.76 bits per heavy atom. The zero-order chi connectivity index (χ0) is 32.9. The standard InChI is InChI=1S/C33H43F3N6O4/c1-21-5-6-25(37-29(43)41-8-7-22(18-41)16-33(34,35)36)15-26(21)23-13-27(40-9-11-45-12-10-40)38-28(14-23)42-19-24-17-32(24,20-42)39-30(44)46-31(2,3)4/h5-6,13-15,22,24H,7-12,16-20H2,1-4H3,(H,37,43)(H,39,44)/t22-,24?,32?/m0/s1. The highest BCUT2D eigenvalue weighted by molar-refractivity contribution is 5.91. The van der Waals surface area contributed by atoms with Crippen molar-refractivity contribution in [1.29, 1.82) is 0 Å². The molecule has 3 aliphatic heterocycles. The molecule has 1 aromatic heterocycles. The summed E-state index contributed by atoms with van der Waals surface area (Å²) in [5.41, 5.74) is 2.50. The van der Waals surface area contributed by atoms with E-state index in [1.54, 1.807) is 0 Å². The zero-order valence-electron chi connectivity index (χ0n) is 26.9. The third kappa shape index (κ3) is 7.45. The van der Waals surface area contributed by atoms with E-state index in [2.05, 4.69) is 26.5 Å². The molecule has 1 aliphatic carbocycles. The molecule has 1 aromatic carbocycles. The summed E-state index contributed by atoms with van der Waals surface area (Å²) in [7, 11) is 0. The van der Waals surface area contributed by atoms with Crippen LogP contribution in [-0.2, 0) is 9.47 Å². The van der Waals surface area contributed by atoms with Crippen LogP contribution in [0.3, 0.4) is 0 Å². The molecule has 2 unspecified atom stereocenters. The highest BCUT2D eigenvalue weighted by atomic mass is 19.4. The number of amides is 3. The molecule has 0 bridgehead atoms. The van der Waals surface area contributed by atoms with Gasteiger partial charge in [-0.2, -0.15) is 13.2 Å². The first-order valence-electron chi connectivity index (χ1n) is 16.0. The van der Waals surface area contributed by atoms with Crippen LogP contribution in [0.5, 0.6) is 0 Å². The van der Waals surface area contributed by atoms with E-state index in [0.29, 0.717) is 57.4 Å². The number of likely N-dealkylation sites (tertiary alicyclic amines) is 1. The largest absolute Gasteiger partial charge is 0.444 e. The molecule has 4 fully saturated rings. The number of nitrogens with one attached hydrogen (secondary N) is 2. The summed E-state index contributed by atoms with van der Waals surface area (Å²) in [6, 6.07) is 9.35. The van der Waals surface area contributed by atoms with Gasteiger partial charge in [0.1, 0.15) is 17.2 Å². The van der Waals surface area contributed by atoms with Crippen molar-refractivity contribution in [3.8, 4) is 11.1 Å². The highest BCUT2D eigenvalue weighted by Crippen LogP contribution is 2.51. The van der Waals surface area contributed by atoms with Gasteiger partial charge in [-0.25, -0.2) is 14.6 Å². The number of hydrogen-bond acceptors (Lipinski definition) is 7. The summed E-state index contributed by atoms with van der Waals surface area (Å²) in [5.74, 6) is 1.35. The Morgan fingerprint density at radius 3 is 2.46 bits per heavy atom. The van der Waals surface area contributed by atoms with Gasteiger partial charge in [-0.3, -0.25) is 0 Å². The maximum Gasteiger partial charge on any atom is 0.408 e. The monoisotopic (exact) mass is 644 g/mol. The summed E-state index contributed by atoms with van der Waals surface area (Å²) < 4.78 is 49.8. The summed E-state index contributed by atoms with van der Waals surface area (Å²) in [4.78, 5) is 36.6. The second kappa shape index (κ2) is 12.1. The normalized spacial score (nSPS) is 24.5. The van der Waals surface area contributed by atoms with Crippen LogP contribution in [0.4, 0.5) is 40.1 Å². The van der Waals surface area contributed by atoms with Crippen LogP contribution < -0.4 is 20.4 Å². The summed E-state index contributed by atoms with van der Waals surface area (Å²) >= 11 is 0. The summed E-state index contributed by atoms with van der Waals surface area (Å²) in [5, 5.41) is 6.03. The van der Waals surface area contributed by atoms with Crippen LogP contribution >= 0.6 is 0 Å². The van der Waals surface area contributed by atoms with Gasteiger partial charge >= 0.3 is 18.3 Å². The Kier molecular flexibility index (Phi) is 8.49. The van der Waals surface area contributed by atoms with Crippen LogP contribution in [0.2, 0.25) is 0 Å². The van der Waals surface area contributed by atoms with Gasteiger partial charge in [0.05, 0.1) is 18.8 Å². The Balaban J connectivity index is 1.22. The number of aromatic nitrogens is 1. The van der Waals surface area contributed by atoms with Crippen molar-refractivity contribution in [2.24, 2.45) is 11.8 Å². The van der Waals surface area contributed by atoms with E-state index in [4.69, 9.17) is 14.5 Å². The first kappa shape index (κ1) is 32.2. The maximum absolute atomic E-state index is 13.0. The lowest BCUT2D eigenvalue weighted by molar-refractivity contribution is -0.143. The number of anilines is 3. The Bertz CT molecular complexity index is 1470. The molecule has 6 rings (SSSR count). The van der Waals surface area contributed by atoms with E-state index < -0.39 is 36.2 Å². The van der Waals surface area contributed by atoms with Gasteiger partial charge in [0.2, 0.25) is 0 Å². The van der Waals surface area contributed by atoms with Gasteiger partial charge in [0, 0.05) is 57.3 Å². The second-order valence-electron chi connectivity index (χ2n) is 14.1. The van der Waals surface area contributed by atoms with Crippen molar-refractivity contribution in [3.63, 3.8) is 0 Å². The van der Waals surface area contributed by atoms with Crippen LogP contribution in [0.1, 0.15) is 45.6 Å². The van der Waals surface area contributed by atoms with Crippen molar-refractivity contribution in [2.45, 2.75) is 64.3 Å². The van der Waals surface area contributed by atoms with Gasteiger partial charge in [0.25, 0.3) is 0 Å². The van der Waals surface area contributed by atoms with Crippen LogP contribution in [-0.4, -0.2) is 91.8 Å². The predicted molar refractivity (Wildman–Crippen MR) is 169 cm³/mol. The molecule has 0 radical (unpaired) electrons. The third-order valence-electron chi connectivity index (χ3n) is 9.25. The van der Waals surface area contributed by atoms with Gasteiger partial charge in [-0.1, -0.05) is 6.07 Å². The van der Waals surface area contributed by atoms with Crippen LogP contribution in [0.15, 0.2) is 30.3 Å². The van der Waals surface area contributed by atoms with Gasteiger partial charge in [-0.15, -0.1) is 0 Å². The van der Waals surface area contributed by atoms with E-state index in [9.17, 15) is 22.8 Å². The third-order valence-corrected chi connectivity index (χ3v) is 9.25. The molecule has 1 saturated carbocycles. The Morgan fingerprint density at radius 1 is 1.04 bits per heavy atom. The second-order valence-corrected chi connectivity index (χ2v) is 14.1. The number of rotatable bonds is 6. The van der Waals surface area contributed by atoms with Crippen molar-refractivity contribution in [2.75, 3.05) is 67.6 Å². The minimum Gasteiger partial charge on any atom is -0.444 e. The van der Waals surface area contributed by atoms with E-state index >= 15 is 0 Å². The molecule has 4 aliphatic rings. The molecule has 3 saturated heterocycles. The topological polar surface area (TPSA) is 99.3 Å². The number of piperidine rings is 1. The van der Waals surface area contributed by atoms with Crippen molar-refractivity contribution in [1.82, 2.24) is 15.2 Å². The molecule has 2 N–H and O–H groups in total. The van der Waals surface area contributed by atoms with E-state index in [1.165, 1.54) is 4.90 Å². The molecular formula is C33H43F3N6O4. The number of carbonyl (C=O) groups is 2. The quantitative estimate of drug-likeness (QED) is 0.410. The number of fused-ring (bicyclic) bond motifs is 1. The molecule has 46 heavy (non-hydrogen) atoms. The smallest absolute Gasteiger partial charge is 0.408 e. The predicted octanol–water partition coefficient (Wildman–Crippen LogP) is 5.80. The average molecular weight is 645 g/mol. The van der Waals surface area contributed by atoms with Crippen molar-refractivity contribution in [3.05, 3.63) is 35.9 Å². The number of alkyl carbamates (subject to hydrolysis) is 1. The number of benzene rings is 1. The molecule has 250 valence electrons. The fourth-order valence-electron chi connectivity index (χ4n) is 6.86. The lowest BCUT2D eigenvalue weighted by Gasteiger charge is -2.30. The first-order valence-corrected chi connectivity index (χ1v) is 16.0. The maximum atomic E-state index is 13.0. The van der Waals surface area contributed by atoms with E-state index in [-0.39, 0.29) is 12.1 Å². The number of hydrogen-bond donors (Lipinski definition) is 2. The summed E-state index contributed by atoms with van der Waals surface area (Å²) in [6.45, 7) is 11.9. The Labute approximate surface area is 267 Å². The molecule has 3 atom stereocenters. The van der Waals surface area contributed by atoms with Crippen molar-refractivity contribution < 1.29 is 32.2 Å². The van der Waals surface area contributed by atoms with Crippen molar-refractivity contribution >= 4 is 29.4 Å². The molecular weight excluding hydrogens is 601 g/mol. The molecule has 13 heteroatoms. The highest BCUT2D eigenvalue weighted by Gasteiger charge is 2.61. The molecule has 4 heterocycles. The number of ether oxygens (including phenoxy) is 2. The van der Waals surface area contributed by atoms with Gasteiger partial charge < -0.3 is 34.8 Å². The lowest BCUT2D eigenvalue weighted by atomic mass is 10.00. The van der Waals surface area contributed by atoms with Crippen LogP contribution in [0.25, 0.3) is 11.1 Å². The summed E-state index contributed by atoms with van der Waals surface area (Å²) in [6.07, 6.45) is -4.30. The molecule has 2 aromatic rings. The molecule has 10 nitrogen and oxygen atoms in total. The number of nitrogens with zero attached hydrogens (tertiary/aromatic N) is 4. The number of alkyl halides is 3. The minimum absolute atomic E-state index is 0.0851. The minimum atomic E-state index is -4.24. The average Bonchev–Trinajstić information content (AvgIpc) is 3.25. The number of urea groups is 1. The van der Waals surface area contributed by atoms with Crippen LogP contribution in [0, 0.1) is 18.8 Å². The van der Waals surface area contributed by atoms with E-state index in [1.807, 2.05) is 52.0 Å². The number of halogens is 3. The van der Waals surface area contributed by atoms with Gasteiger partial charge in [0.15, 0.2) is 0 Å². The number of morpholine rings is 1. The number of carbonyl (C=O) groups excluding carboxylic acids is 2. The number of aryl methyl sites for hydroxylation is 1. The molecule has 0 spiro atoms. The Hall–Kier alpha value is -3.74. The molecule has 3 amide bonds. The zero-order valence-corrected chi connectivity index (χ0v) is 26.9. The van der Waals surface area contributed by atoms with E-state index in [0.717, 1.165) is 41.3 Å². The lowest BCUT2D eigenvalue weighted by Crippen LogP contribution is -2.44. The fraction of sp³-hybridized carbons (Fsp3) is 0.606. The first-order chi connectivity index (χ1) is 21.7. The van der Waals surface area contributed by atoms with Gasteiger partial charge in [-0.05, 0) is 87.4 Å². The number of pyridine rings is 1.